The number of hydrogen-bond donors (Lipinski definition) is 1. The number of halogens is 4. The Morgan fingerprint density at radius 2 is 1.90 bits per heavy atom. The van der Waals surface area contributed by atoms with Crippen molar-refractivity contribution in [1.29, 1.82) is 0 Å². The van der Waals surface area contributed by atoms with Gasteiger partial charge in [0.1, 0.15) is 5.82 Å². The van der Waals surface area contributed by atoms with E-state index in [0.717, 1.165) is 57.1 Å². The Bertz CT molecular complexity index is 770. The van der Waals surface area contributed by atoms with E-state index in [4.69, 9.17) is 5.73 Å². The molecule has 0 atom stereocenters. The van der Waals surface area contributed by atoms with Crippen molar-refractivity contribution < 1.29 is 22.4 Å². The molecule has 1 aromatic rings. The fraction of sp³-hybridized carbons (Fsp3) is 0.591. The average Bonchev–Trinajstić information content (AvgIpc) is 2.73. The minimum absolute atomic E-state index is 0.0546. The van der Waals surface area contributed by atoms with Crippen molar-refractivity contribution in [2.24, 2.45) is 11.7 Å². The molecule has 0 aromatic heterocycles. The van der Waals surface area contributed by atoms with Gasteiger partial charge in [-0.15, -0.1) is 0 Å². The Balaban J connectivity index is 1.49. The SMILES string of the molecule is NCCC(=O)N1CCC(CCN2CC=C(c3cc(C(F)(F)F)ccc3F)CC2)CC1. The monoisotopic (exact) mass is 427 g/mol. The lowest BCUT2D eigenvalue weighted by atomic mass is 9.92. The number of carbonyl (C=O) groups excluding carboxylic acids is 1. The summed E-state index contributed by atoms with van der Waals surface area (Å²) in [6.07, 6.45) is 1.30. The molecule has 2 aliphatic heterocycles. The highest BCUT2D eigenvalue weighted by Crippen LogP contribution is 2.33. The van der Waals surface area contributed by atoms with Crippen molar-refractivity contribution in [2.75, 3.05) is 39.3 Å². The number of benzene rings is 1. The summed E-state index contributed by atoms with van der Waals surface area (Å²) in [5.74, 6) is 0.0864. The van der Waals surface area contributed by atoms with Gasteiger partial charge in [-0.3, -0.25) is 9.69 Å². The van der Waals surface area contributed by atoms with Crippen LogP contribution in [0.3, 0.4) is 0 Å². The predicted molar refractivity (Wildman–Crippen MR) is 108 cm³/mol. The minimum atomic E-state index is -4.48. The van der Waals surface area contributed by atoms with Gasteiger partial charge in [-0.05, 0) is 61.9 Å². The van der Waals surface area contributed by atoms with Gasteiger partial charge in [0.2, 0.25) is 5.91 Å². The molecule has 0 bridgehead atoms. The van der Waals surface area contributed by atoms with Crippen LogP contribution in [0.5, 0.6) is 0 Å². The third kappa shape index (κ3) is 5.82. The van der Waals surface area contributed by atoms with Crippen molar-refractivity contribution in [1.82, 2.24) is 9.80 Å². The van der Waals surface area contributed by atoms with E-state index < -0.39 is 17.6 Å². The Morgan fingerprint density at radius 3 is 2.50 bits per heavy atom. The first-order valence-corrected chi connectivity index (χ1v) is 10.5. The molecule has 1 amide bonds. The number of nitrogens with two attached hydrogens (primary N) is 1. The number of amides is 1. The van der Waals surface area contributed by atoms with Crippen LogP contribution in [-0.4, -0.2) is 55.0 Å². The molecule has 0 radical (unpaired) electrons. The molecular formula is C22H29F4N3O. The summed E-state index contributed by atoms with van der Waals surface area (Å²) < 4.78 is 52.9. The quantitative estimate of drug-likeness (QED) is 0.701. The van der Waals surface area contributed by atoms with Gasteiger partial charge >= 0.3 is 6.18 Å². The lowest BCUT2D eigenvalue weighted by molar-refractivity contribution is -0.137. The maximum Gasteiger partial charge on any atom is 0.416 e. The zero-order chi connectivity index (χ0) is 21.7. The lowest BCUT2D eigenvalue weighted by Crippen LogP contribution is -2.40. The third-order valence-electron chi connectivity index (χ3n) is 6.11. The van der Waals surface area contributed by atoms with Gasteiger partial charge in [-0.1, -0.05) is 6.08 Å². The van der Waals surface area contributed by atoms with Gasteiger partial charge in [-0.25, -0.2) is 4.39 Å². The number of likely N-dealkylation sites (tertiary alicyclic amines) is 1. The molecule has 1 fully saturated rings. The van der Waals surface area contributed by atoms with Crippen molar-refractivity contribution in [3.05, 3.63) is 41.2 Å². The van der Waals surface area contributed by atoms with E-state index in [-0.39, 0.29) is 11.5 Å². The molecule has 166 valence electrons. The smallest absolute Gasteiger partial charge is 0.343 e. The Labute approximate surface area is 174 Å². The molecule has 0 aliphatic carbocycles. The van der Waals surface area contributed by atoms with Crippen LogP contribution in [0.2, 0.25) is 0 Å². The summed E-state index contributed by atoms with van der Waals surface area (Å²) in [5, 5.41) is 0. The molecule has 30 heavy (non-hydrogen) atoms. The van der Waals surface area contributed by atoms with Crippen LogP contribution < -0.4 is 5.73 Å². The fourth-order valence-corrected chi connectivity index (χ4v) is 4.22. The standard InChI is InChI=1S/C22H29F4N3O/c23-20-2-1-18(22(24,25)26)15-19(20)17-7-11-28(12-8-17)10-4-16-5-13-29(14-6-16)21(30)3-9-27/h1-2,7,15-16H,3-6,8-14,27H2. The highest BCUT2D eigenvalue weighted by molar-refractivity contribution is 5.76. The Kier molecular flexibility index (Phi) is 7.52. The molecule has 0 saturated carbocycles. The molecule has 2 N–H and O–H groups in total. The van der Waals surface area contributed by atoms with Gasteiger partial charge in [-0.2, -0.15) is 13.2 Å². The van der Waals surface area contributed by atoms with Crippen LogP contribution >= 0.6 is 0 Å². The van der Waals surface area contributed by atoms with E-state index in [1.807, 2.05) is 11.0 Å². The maximum absolute atomic E-state index is 14.1. The summed E-state index contributed by atoms with van der Waals surface area (Å²) in [4.78, 5) is 16.0. The third-order valence-corrected chi connectivity index (χ3v) is 6.11. The van der Waals surface area contributed by atoms with E-state index in [2.05, 4.69) is 4.90 Å². The second-order valence-electron chi connectivity index (χ2n) is 8.12. The Hall–Kier alpha value is -1.93. The highest BCUT2D eigenvalue weighted by atomic mass is 19.4. The molecule has 3 rings (SSSR count). The van der Waals surface area contributed by atoms with Gasteiger partial charge in [0.25, 0.3) is 0 Å². The second-order valence-corrected chi connectivity index (χ2v) is 8.12. The summed E-state index contributed by atoms with van der Waals surface area (Å²) in [7, 11) is 0. The number of carbonyl (C=O) groups is 1. The van der Waals surface area contributed by atoms with Crippen LogP contribution in [0.1, 0.15) is 43.2 Å². The number of piperidine rings is 1. The van der Waals surface area contributed by atoms with Crippen molar-refractivity contribution >= 4 is 11.5 Å². The van der Waals surface area contributed by atoms with Crippen LogP contribution in [0.15, 0.2) is 24.3 Å². The first-order valence-electron chi connectivity index (χ1n) is 10.5. The molecule has 1 aromatic carbocycles. The van der Waals surface area contributed by atoms with Crippen molar-refractivity contribution in [2.45, 2.75) is 38.3 Å². The predicted octanol–water partition coefficient (Wildman–Crippen LogP) is 3.91. The fourth-order valence-electron chi connectivity index (χ4n) is 4.22. The number of alkyl halides is 3. The Morgan fingerprint density at radius 1 is 1.17 bits per heavy atom. The van der Waals surface area contributed by atoms with E-state index in [0.29, 0.717) is 44.0 Å². The van der Waals surface area contributed by atoms with E-state index in [1.54, 1.807) is 0 Å². The van der Waals surface area contributed by atoms with Gasteiger partial charge in [0.05, 0.1) is 5.56 Å². The molecule has 4 nitrogen and oxygen atoms in total. The van der Waals surface area contributed by atoms with Crippen molar-refractivity contribution in [3.8, 4) is 0 Å². The molecule has 8 heteroatoms. The first-order chi connectivity index (χ1) is 14.3. The minimum Gasteiger partial charge on any atom is -0.343 e. The first kappa shape index (κ1) is 22.7. The van der Waals surface area contributed by atoms with Crippen LogP contribution in [0, 0.1) is 11.7 Å². The molecule has 2 heterocycles. The summed E-state index contributed by atoms with van der Waals surface area (Å²) in [5.41, 5.74) is 5.32. The number of hydrogen-bond acceptors (Lipinski definition) is 3. The number of nitrogens with zero attached hydrogens (tertiary/aromatic N) is 2. The number of rotatable bonds is 6. The zero-order valence-corrected chi connectivity index (χ0v) is 17.1. The van der Waals surface area contributed by atoms with E-state index in [9.17, 15) is 22.4 Å². The molecule has 1 saturated heterocycles. The maximum atomic E-state index is 14.1. The lowest BCUT2D eigenvalue weighted by Gasteiger charge is -2.34. The van der Waals surface area contributed by atoms with Gasteiger partial charge < -0.3 is 10.6 Å². The summed E-state index contributed by atoms with van der Waals surface area (Å²) >= 11 is 0. The summed E-state index contributed by atoms with van der Waals surface area (Å²) in [6, 6.07) is 2.59. The van der Waals surface area contributed by atoms with Crippen LogP contribution in [0.25, 0.3) is 5.57 Å². The topological polar surface area (TPSA) is 49.6 Å². The molecule has 0 spiro atoms. The highest BCUT2D eigenvalue weighted by Gasteiger charge is 2.31. The van der Waals surface area contributed by atoms with E-state index in [1.165, 1.54) is 0 Å². The largest absolute Gasteiger partial charge is 0.416 e. The molecule has 0 unspecified atom stereocenters. The van der Waals surface area contributed by atoms with E-state index >= 15 is 0 Å². The normalized spacial score (nSPS) is 19.1. The van der Waals surface area contributed by atoms with Crippen molar-refractivity contribution in [3.63, 3.8) is 0 Å². The van der Waals surface area contributed by atoms with Crippen LogP contribution in [0.4, 0.5) is 17.6 Å². The van der Waals surface area contributed by atoms with Gasteiger partial charge in [0.15, 0.2) is 0 Å². The molecular weight excluding hydrogens is 398 g/mol. The van der Waals surface area contributed by atoms with Gasteiger partial charge in [0, 0.05) is 44.7 Å². The summed E-state index contributed by atoms with van der Waals surface area (Å²) in [6.45, 7) is 4.16. The van der Waals surface area contributed by atoms with Crippen LogP contribution in [-0.2, 0) is 11.0 Å². The zero-order valence-electron chi connectivity index (χ0n) is 17.1. The average molecular weight is 427 g/mol. The molecule has 2 aliphatic rings. The second kappa shape index (κ2) is 9.92.